The molecule has 2 atom stereocenters. The van der Waals surface area contributed by atoms with E-state index in [1.54, 1.807) is 6.92 Å². The van der Waals surface area contributed by atoms with Gasteiger partial charge in [-0.05, 0) is 12.5 Å². The van der Waals surface area contributed by atoms with Gasteiger partial charge in [-0.2, -0.15) is 0 Å². The minimum atomic E-state index is -1.50. The van der Waals surface area contributed by atoms with Crippen molar-refractivity contribution in [1.82, 2.24) is 0 Å². The number of fused-ring (bicyclic) bond motifs is 1. The first-order chi connectivity index (χ1) is 10.6. The van der Waals surface area contributed by atoms with E-state index in [0.29, 0.717) is 12.1 Å². The monoisotopic (exact) mass is 303 g/mol. The Hall–Kier alpha value is -2.21. The second-order valence-electron chi connectivity index (χ2n) is 5.18. The van der Waals surface area contributed by atoms with E-state index in [4.69, 9.17) is 14.2 Å². The standard InChI is InChI=1S/C16H17NO5/c1-3-21-13(18)15-9-10-22-16(15,14(19)20-2)12(17-15)11-7-5-4-6-8-11/h4-8H,3,9-10H2,1-2H3/t15-,16-/m1/s1. The Bertz CT molecular complexity index is 641. The van der Waals surface area contributed by atoms with Crippen LogP contribution in [0.1, 0.15) is 18.9 Å². The summed E-state index contributed by atoms with van der Waals surface area (Å²) in [4.78, 5) is 29.3. The van der Waals surface area contributed by atoms with Gasteiger partial charge >= 0.3 is 11.9 Å². The second kappa shape index (κ2) is 5.21. The molecule has 2 aliphatic heterocycles. The van der Waals surface area contributed by atoms with Gasteiger partial charge in [-0.15, -0.1) is 0 Å². The van der Waals surface area contributed by atoms with Crippen LogP contribution in [0.25, 0.3) is 0 Å². The van der Waals surface area contributed by atoms with Crippen molar-refractivity contribution >= 4 is 17.7 Å². The van der Waals surface area contributed by atoms with Gasteiger partial charge in [-0.25, -0.2) is 9.59 Å². The minimum Gasteiger partial charge on any atom is -0.466 e. The first-order valence-electron chi connectivity index (χ1n) is 7.17. The predicted octanol–water partition coefficient (Wildman–Crippen LogP) is 1.12. The summed E-state index contributed by atoms with van der Waals surface area (Å²) in [5.74, 6) is -1.16. The largest absolute Gasteiger partial charge is 0.466 e. The van der Waals surface area contributed by atoms with E-state index in [0.717, 1.165) is 5.56 Å². The fraction of sp³-hybridized carbons (Fsp3) is 0.438. The van der Waals surface area contributed by atoms with Gasteiger partial charge in [0.05, 0.1) is 26.0 Å². The Morgan fingerprint density at radius 1 is 1.27 bits per heavy atom. The summed E-state index contributed by atoms with van der Waals surface area (Å²) in [5, 5.41) is 0. The molecule has 116 valence electrons. The zero-order chi connectivity index (χ0) is 15.8. The predicted molar refractivity (Wildman–Crippen MR) is 77.7 cm³/mol. The summed E-state index contributed by atoms with van der Waals surface area (Å²) in [5.41, 5.74) is -1.68. The summed E-state index contributed by atoms with van der Waals surface area (Å²) in [7, 11) is 1.27. The molecule has 0 aromatic heterocycles. The molecule has 0 spiro atoms. The number of rotatable bonds is 4. The highest BCUT2D eigenvalue weighted by Gasteiger charge is 2.76. The van der Waals surface area contributed by atoms with Crippen LogP contribution in [0.5, 0.6) is 0 Å². The van der Waals surface area contributed by atoms with Crippen molar-refractivity contribution in [3.05, 3.63) is 35.9 Å². The fourth-order valence-corrected chi connectivity index (χ4v) is 3.14. The number of hydrogen-bond donors (Lipinski definition) is 0. The maximum atomic E-state index is 12.5. The number of nitrogens with zero attached hydrogens (tertiary/aromatic N) is 1. The lowest BCUT2D eigenvalue weighted by atomic mass is 9.68. The highest BCUT2D eigenvalue weighted by atomic mass is 16.6. The lowest BCUT2D eigenvalue weighted by Crippen LogP contribution is -2.72. The lowest BCUT2D eigenvalue weighted by molar-refractivity contribution is -0.172. The average Bonchev–Trinajstić information content (AvgIpc) is 2.82. The smallest absolute Gasteiger partial charge is 0.347 e. The normalized spacial score (nSPS) is 29.1. The molecule has 22 heavy (non-hydrogen) atoms. The highest BCUT2D eigenvalue weighted by Crippen LogP contribution is 2.51. The van der Waals surface area contributed by atoms with Gasteiger partial charge in [-0.1, -0.05) is 30.3 Å². The van der Waals surface area contributed by atoms with Crippen molar-refractivity contribution in [2.75, 3.05) is 20.3 Å². The molecule has 2 aliphatic rings. The number of benzene rings is 1. The van der Waals surface area contributed by atoms with Gasteiger partial charge in [0.15, 0.2) is 0 Å². The quantitative estimate of drug-likeness (QED) is 0.779. The lowest BCUT2D eigenvalue weighted by Gasteiger charge is -2.46. The van der Waals surface area contributed by atoms with Gasteiger partial charge in [0.25, 0.3) is 0 Å². The first kappa shape index (κ1) is 14.7. The van der Waals surface area contributed by atoms with Gasteiger partial charge in [0.1, 0.15) is 0 Å². The molecule has 1 aromatic rings. The Morgan fingerprint density at radius 3 is 2.64 bits per heavy atom. The molecule has 1 saturated heterocycles. The van der Waals surface area contributed by atoms with Crippen LogP contribution in [0.15, 0.2) is 35.3 Å². The Labute approximate surface area is 128 Å². The van der Waals surface area contributed by atoms with Crippen molar-refractivity contribution < 1.29 is 23.8 Å². The van der Waals surface area contributed by atoms with E-state index in [1.807, 2.05) is 30.3 Å². The third-order valence-electron chi connectivity index (χ3n) is 4.13. The molecule has 0 amide bonds. The molecular weight excluding hydrogens is 286 g/mol. The van der Waals surface area contributed by atoms with E-state index in [2.05, 4.69) is 4.99 Å². The molecule has 0 bridgehead atoms. The third-order valence-corrected chi connectivity index (χ3v) is 4.13. The molecule has 2 heterocycles. The van der Waals surface area contributed by atoms with Gasteiger partial charge < -0.3 is 14.2 Å². The molecule has 0 saturated carbocycles. The van der Waals surface area contributed by atoms with Crippen LogP contribution in [0, 0.1) is 0 Å². The van der Waals surface area contributed by atoms with Crippen molar-refractivity contribution in [2.45, 2.75) is 24.5 Å². The van der Waals surface area contributed by atoms with Gasteiger partial charge in [0.2, 0.25) is 11.1 Å². The number of aliphatic imine (C=N–C) groups is 1. The fourth-order valence-electron chi connectivity index (χ4n) is 3.14. The summed E-state index contributed by atoms with van der Waals surface area (Å²) in [6, 6.07) is 9.17. The maximum absolute atomic E-state index is 12.5. The molecule has 0 radical (unpaired) electrons. The number of ether oxygens (including phenoxy) is 3. The van der Waals surface area contributed by atoms with Crippen LogP contribution in [0.4, 0.5) is 0 Å². The molecule has 0 unspecified atom stereocenters. The van der Waals surface area contributed by atoms with E-state index in [1.165, 1.54) is 7.11 Å². The van der Waals surface area contributed by atoms with E-state index >= 15 is 0 Å². The molecule has 1 aromatic carbocycles. The molecule has 6 nitrogen and oxygen atoms in total. The topological polar surface area (TPSA) is 74.2 Å². The summed E-state index contributed by atoms with van der Waals surface area (Å²) in [6.07, 6.45) is 0.303. The van der Waals surface area contributed by atoms with Crippen LogP contribution in [-0.2, 0) is 23.8 Å². The van der Waals surface area contributed by atoms with Crippen molar-refractivity contribution in [3.8, 4) is 0 Å². The Kier molecular flexibility index (Phi) is 3.48. The van der Waals surface area contributed by atoms with Crippen molar-refractivity contribution in [2.24, 2.45) is 4.99 Å². The highest BCUT2D eigenvalue weighted by molar-refractivity contribution is 6.28. The molecule has 6 heteroatoms. The van der Waals surface area contributed by atoms with Gasteiger partial charge in [-0.3, -0.25) is 4.99 Å². The van der Waals surface area contributed by atoms with Crippen LogP contribution < -0.4 is 0 Å². The Balaban J connectivity index is 2.12. The summed E-state index contributed by atoms with van der Waals surface area (Å²) >= 11 is 0. The van der Waals surface area contributed by atoms with Crippen LogP contribution in [-0.4, -0.2) is 49.1 Å². The van der Waals surface area contributed by atoms with Crippen LogP contribution in [0.2, 0.25) is 0 Å². The molecule has 3 rings (SSSR count). The number of carbonyl (C=O) groups is 2. The summed E-state index contributed by atoms with van der Waals surface area (Å²) in [6.45, 7) is 2.17. The third kappa shape index (κ3) is 1.67. The second-order valence-corrected chi connectivity index (χ2v) is 5.18. The molecule has 0 N–H and O–H groups in total. The SMILES string of the molecule is CCOC(=O)[C@]12CCO[C@@]1(C(=O)OC)C(c1ccccc1)=N2. The maximum Gasteiger partial charge on any atom is 0.347 e. The zero-order valence-electron chi connectivity index (χ0n) is 12.5. The number of methoxy groups -OCH3 is 1. The molecule has 0 aliphatic carbocycles. The average molecular weight is 303 g/mol. The van der Waals surface area contributed by atoms with E-state index in [9.17, 15) is 9.59 Å². The zero-order valence-corrected chi connectivity index (χ0v) is 12.5. The van der Waals surface area contributed by atoms with Crippen LogP contribution >= 0.6 is 0 Å². The number of esters is 2. The van der Waals surface area contributed by atoms with Crippen LogP contribution in [0.3, 0.4) is 0 Å². The first-order valence-corrected chi connectivity index (χ1v) is 7.17. The van der Waals surface area contributed by atoms with Crippen molar-refractivity contribution in [1.29, 1.82) is 0 Å². The van der Waals surface area contributed by atoms with E-state index < -0.39 is 23.1 Å². The van der Waals surface area contributed by atoms with Gasteiger partial charge in [0, 0.05) is 6.42 Å². The summed E-state index contributed by atoms with van der Waals surface area (Å²) < 4.78 is 15.8. The van der Waals surface area contributed by atoms with E-state index in [-0.39, 0.29) is 13.2 Å². The molecular formula is C16H17NO5. The minimum absolute atomic E-state index is 0.216. The number of hydrogen-bond acceptors (Lipinski definition) is 6. The van der Waals surface area contributed by atoms with Crippen molar-refractivity contribution in [3.63, 3.8) is 0 Å². The Morgan fingerprint density at radius 2 is 2.00 bits per heavy atom. The number of carbonyl (C=O) groups excluding carboxylic acids is 2. The molecule has 1 fully saturated rings.